The molecule has 0 aliphatic heterocycles. The molecule has 4 aliphatic rings. The summed E-state index contributed by atoms with van der Waals surface area (Å²) in [5, 5.41) is 17.5. The lowest BCUT2D eigenvalue weighted by atomic mass is 9.48. The third-order valence-electron chi connectivity index (χ3n) is 8.66. The lowest BCUT2D eigenvalue weighted by molar-refractivity contribution is -0.142. The molecule has 224 valence electrons. The van der Waals surface area contributed by atoms with Crippen molar-refractivity contribution in [1.29, 1.82) is 0 Å². The molecule has 9 heteroatoms. The third-order valence-corrected chi connectivity index (χ3v) is 8.66. The van der Waals surface area contributed by atoms with Crippen LogP contribution in [0.15, 0.2) is 48.5 Å². The SMILES string of the molecule is O=C(O)C=Cc1ccc(-c2ccc(OC(=O)COCCOCCOCC(=O)O)c(C34CC5CC(CC(C5)C3)C4)c2)cc1. The highest BCUT2D eigenvalue weighted by atomic mass is 16.6. The van der Waals surface area contributed by atoms with Gasteiger partial charge < -0.3 is 29.2 Å². The summed E-state index contributed by atoms with van der Waals surface area (Å²) in [4.78, 5) is 34.1. The Labute approximate surface area is 245 Å². The van der Waals surface area contributed by atoms with Crippen molar-refractivity contribution in [3.8, 4) is 16.9 Å². The fourth-order valence-corrected chi connectivity index (χ4v) is 7.41. The fourth-order valence-electron chi connectivity index (χ4n) is 7.41. The summed E-state index contributed by atoms with van der Waals surface area (Å²) in [7, 11) is 0. The van der Waals surface area contributed by atoms with Crippen molar-refractivity contribution >= 4 is 24.0 Å². The van der Waals surface area contributed by atoms with E-state index >= 15 is 0 Å². The topological polar surface area (TPSA) is 129 Å². The molecule has 0 saturated heterocycles. The predicted molar refractivity (Wildman–Crippen MR) is 154 cm³/mol. The molecule has 4 fully saturated rings. The van der Waals surface area contributed by atoms with E-state index in [0.717, 1.165) is 65.3 Å². The number of rotatable bonds is 15. The first-order valence-electron chi connectivity index (χ1n) is 14.6. The summed E-state index contributed by atoms with van der Waals surface area (Å²) >= 11 is 0. The van der Waals surface area contributed by atoms with Crippen LogP contribution < -0.4 is 4.74 Å². The van der Waals surface area contributed by atoms with Gasteiger partial charge in [0.2, 0.25) is 0 Å². The van der Waals surface area contributed by atoms with Crippen molar-refractivity contribution in [2.75, 3.05) is 39.6 Å². The van der Waals surface area contributed by atoms with Crippen LogP contribution in [0, 0.1) is 17.8 Å². The number of ether oxygens (including phenoxy) is 4. The van der Waals surface area contributed by atoms with E-state index in [2.05, 4.69) is 6.07 Å². The summed E-state index contributed by atoms with van der Waals surface area (Å²) in [5.41, 5.74) is 3.97. The van der Waals surface area contributed by atoms with Crippen LogP contribution in [-0.2, 0) is 34.0 Å². The highest BCUT2D eigenvalue weighted by Crippen LogP contribution is 2.62. The molecule has 42 heavy (non-hydrogen) atoms. The Hall–Kier alpha value is -3.53. The van der Waals surface area contributed by atoms with Crippen LogP contribution in [0.3, 0.4) is 0 Å². The highest BCUT2D eigenvalue weighted by molar-refractivity contribution is 5.85. The van der Waals surface area contributed by atoms with Gasteiger partial charge in [0.1, 0.15) is 19.0 Å². The first-order chi connectivity index (χ1) is 20.3. The normalized spacial score (nSPS) is 24.2. The largest absolute Gasteiger partial charge is 0.480 e. The molecule has 0 radical (unpaired) electrons. The molecule has 2 N–H and O–H groups in total. The van der Waals surface area contributed by atoms with Crippen LogP contribution in [0.2, 0.25) is 0 Å². The number of carboxylic acids is 2. The number of carboxylic acid groups (broad SMARTS) is 2. The Morgan fingerprint density at radius 2 is 1.33 bits per heavy atom. The lowest BCUT2D eigenvalue weighted by Crippen LogP contribution is -2.48. The molecule has 6 rings (SSSR count). The number of carbonyl (C=O) groups is 3. The van der Waals surface area contributed by atoms with Gasteiger partial charge in [0.05, 0.1) is 26.4 Å². The van der Waals surface area contributed by atoms with E-state index in [1.807, 2.05) is 36.4 Å². The minimum Gasteiger partial charge on any atom is -0.480 e. The number of aliphatic carboxylic acids is 2. The zero-order valence-corrected chi connectivity index (χ0v) is 23.7. The molecule has 0 spiro atoms. The van der Waals surface area contributed by atoms with Gasteiger partial charge in [0, 0.05) is 11.6 Å². The molecule has 0 unspecified atom stereocenters. The number of carbonyl (C=O) groups excluding carboxylic acids is 1. The van der Waals surface area contributed by atoms with Gasteiger partial charge in [0.15, 0.2) is 0 Å². The van der Waals surface area contributed by atoms with Crippen LogP contribution in [0.5, 0.6) is 5.75 Å². The van der Waals surface area contributed by atoms with Crippen LogP contribution in [0.25, 0.3) is 17.2 Å². The molecule has 4 bridgehead atoms. The van der Waals surface area contributed by atoms with E-state index in [4.69, 9.17) is 29.2 Å². The number of hydrogen-bond acceptors (Lipinski definition) is 7. The van der Waals surface area contributed by atoms with E-state index in [1.54, 1.807) is 6.08 Å². The summed E-state index contributed by atoms with van der Waals surface area (Å²) in [5.74, 6) is 0.294. The maximum absolute atomic E-state index is 12.8. The average Bonchev–Trinajstić information content (AvgIpc) is 2.95. The Kier molecular flexibility index (Phi) is 9.72. The molecule has 0 heterocycles. The van der Waals surface area contributed by atoms with Gasteiger partial charge in [-0.1, -0.05) is 30.3 Å². The Morgan fingerprint density at radius 3 is 1.93 bits per heavy atom. The fraction of sp³-hybridized carbons (Fsp3) is 0.485. The first-order valence-corrected chi connectivity index (χ1v) is 14.6. The monoisotopic (exact) mass is 578 g/mol. The van der Waals surface area contributed by atoms with Gasteiger partial charge in [-0.3, -0.25) is 0 Å². The van der Waals surface area contributed by atoms with Crippen molar-refractivity contribution in [2.24, 2.45) is 17.8 Å². The van der Waals surface area contributed by atoms with Gasteiger partial charge in [-0.2, -0.15) is 0 Å². The maximum atomic E-state index is 12.8. The molecule has 2 aromatic carbocycles. The summed E-state index contributed by atoms with van der Waals surface area (Å²) in [6.07, 6.45) is 9.98. The van der Waals surface area contributed by atoms with E-state index in [9.17, 15) is 14.4 Å². The first kappa shape index (κ1) is 29.9. The van der Waals surface area contributed by atoms with E-state index in [0.29, 0.717) is 5.75 Å². The van der Waals surface area contributed by atoms with Gasteiger partial charge in [0.25, 0.3) is 0 Å². The summed E-state index contributed by atoms with van der Waals surface area (Å²) < 4.78 is 21.6. The predicted octanol–water partition coefficient (Wildman–Crippen LogP) is 4.96. The molecule has 0 amide bonds. The van der Waals surface area contributed by atoms with Crippen molar-refractivity contribution in [3.05, 3.63) is 59.7 Å². The molecule has 2 aromatic rings. The number of esters is 1. The zero-order valence-electron chi connectivity index (χ0n) is 23.7. The highest BCUT2D eigenvalue weighted by Gasteiger charge is 2.52. The molecule has 0 aromatic heterocycles. The van der Waals surface area contributed by atoms with Gasteiger partial charge >= 0.3 is 17.9 Å². The quantitative estimate of drug-likeness (QED) is 0.130. The van der Waals surface area contributed by atoms with E-state index in [1.165, 1.54) is 19.3 Å². The minimum absolute atomic E-state index is 0.00193. The van der Waals surface area contributed by atoms with Crippen molar-refractivity contribution < 1.29 is 43.5 Å². The molecule has 0 atom stereocenters. The second-order valence-corrected chi connectivity index (χ2v) is 11.8. The van der Waals surface area contributed by atoms with E-state index in [-0.39, 0.29) is 45.1 Å². The Bertz CT molecular complexity index is 1260. The maximum Gasteiger partial charge on any atom is 0.337 e. The Morgan fingerprint density at radius 1 is 0.762 bits per heavy atom. The standard InChI is InChI=1S/C33H38O9/c34-30(35)8-3-22-1-4-26(5-2-22)27-6-7-29(42-32(38)21-41-12-10-39-9-11-40-20-31(36)37)28(16-27)33-17-23-13-24(18-33)15-25(14-23)19-33/h1-8,16,23-25H,9-15,17-21H2,(H,34,35)(H,36,37). The molecular weight excluding hydrogens is 540 g/mol. The number of benzene rings is 2. The number of hydrogen-bond donors (Lipinski definition) is 2. The third kappa shape index (κ3) is 7.65. The van der Waals surface area contributed by atoms with Crippen LogP contribution in [0.1, 0.15) is 49.7 Å². The minimum atomic E-state index is -1.03. The van der Waals surface area contributed by atoms with Crippen LogP contribution in [0.4, 0.5) is 0 Å². The lowest BCUT2D eigenvalue weighted by Gasteiger charge is -2.57. The van der Waals surface area contributed by atoms with Gasteiger partial charge in [-0.05, 0) is 96.6 Å². The van der Waals surface area contributed by atoms with Crippen LogP contribution in [-0.4, -0.2) is 67.8 Å². The second-order valence-electron chi connectivity index (χ2n) is 11.8. The molecule has 4 saturated carbocycles. The van der Waals surface area contributed by atoms with Crippen molar-refractivity contribution in [2.45, 2.75) is 43.9 Å². The van der Waals surface area contributed by atoms with Crippen molar-refractivity contribution in [3.63, 3.8) is 0 Å². The summed E-state index contributed by atoms with van der Waals surface area (Å²) in [6, 6.07) is 13.8. The molecule has 9 nitrogen and oxygen atoms in total. The van der Waals surface area contributed by atoms with E-state index < -0.39 is 17.9 Å². The van der Waals surface area contributed by atoms with Crippen molar-refractivity contribution in [1.82, 2.24) is 0 Å². The Balaban J connectivity index is 1.25. The molecule has 4 aliphatic carbocycles. The smallest absolute Gasteiger partial charge is 0.337 e. The van der Waals surface area contributed by atoms with Gasteiger partial charge in [-0.25, -0.2) is 14.4 Å². The molecular formula is C33H38O9. The van der Waals surface area contributed by atoms with Crippen LogP contribution >= 0.6 is 0 Å². The van der Waals surface area contributed by atoms with Gasteiger partial charge in [-0.15, -0.1) is 0 Å². The summed E-state index contributed by atoms with van der Waals surface area (Å²) in [6.45, 7) is 0.296. The zero-order chi connectivity index (χ0) is 29.5. The second kappa shape index (κ2) is 13.6. The average molecular weight is 579 g/mol.